The molecule has 1 aliphatic rings. The smallest absolute Gasteiger partial charge is 0.240 e. The van der Waals surface area contributed by atoms with E-state index in [-0.39, 0.29) is 23.8 Å². The van der Waals surface area contributed by atoms with Gasteiger partial charge in [0, 0.05) is 57.1 Å². The van der Waals surface area contributed by atoms with Gasteiger partial charge in [0.1, 0.15) is 0 Å². The standard InChI is InChI=1S/C26H30N4O3S/c31-26(15-16-27-34(32,33)25-9-5-2-6-10-25)28-23-11-13-24(14-12-23)30-19-17-29(18-20-30)21-22-7-3-1-4-8-22/h1-14,27H,15-21H2,(H,28,31). The lowest BCUT2D eigenvalue weighted by atomic mass is 10.2. The number of nitrogens with one attached hydrogen (secondary N) is 2. The highest BCUT2D eigenvalue weighted by atomic mass is 32.2. The predicted molar refractivity (Wildman–Crippen MR) is 135 cm³/mol. The summed E-state index contributed by atoms with van der Waals surface area (Å²) >= 11 is 0. The van der Waals surface area contributed by atoms with Crippen LogP contribution in [0.15, 0.2) is 89.8 Å². The second kappa shape index (κ2) is 11.3. The van der Waals surface area contributed by atoms with Gasteiger partial charge in [0.05, 0.1) is 4.90 Å². The number of rotatable bonds is 9. The molecule has 3 aromatic carbocycles. The van der Waals surface area contributed by atoms with Crippen molar-refractivity contribution in [1.82, 2.24) is 9.62 Å². The van der Waals surface area contributed by atoms with E-state index >= 15 is 0 Å². The van der Waals surface area contributed by atoms with Crippen LogP contribution >= 0.6 is 0 Å². The van der Waals surface area contributed by atoms with Crippen LogP contribution in [0.4, 0.5) is 11.4 Å². The van der Waals surface area contributed by atoms with E-state index in [0.29, 0.717) is 5.69 Å². The Balaban J connectivity index is 1.20. The maximum atomic E-state index is 12.2. The Kier molecular flexibility index (Phi) is 7.95. The molecule has 4 rings (SSSR count). The van der Waals surface area contributed by atoms with Crippen LogP contribution in [0, 0.1) is 0 Å². The second-order valence-corrected chi connectivity index (χ2v) is 10.1. The number of nitrogens with zero attached hydrogens (tertiary/aromatic N) is 2. The Hall–Kier alpha value is -3.20. The molecule has 3 aromatic rings. The van der Waals surface area contributed by atoms with Gasteiger partial charge in [-0.05, 0) is 42.0 Å². The topological polar surface area (TPSA) is 81.7 Å². The molecule has 1 amide bonds. The molecule has 7 nitrogen and oxygen atoms in total. The van der Waals surface area contributed by atoms with Gasteiger partial charge >= 0.3 is 0 Å². The van der Waals surface area contributed by atoms with Crippen LogP contribution in [-0.2, 0) is 21.4 Å². The molecule has 1 fully saturated rings. The van der Waals surface area contributed by atoms with Gasteiger partial charge in [0.25, 0.3) is 0 Å². The molecule has 1 saturated heterocycles. The Bertz CT molecular complexity index is 1160. The minimum absolute atomic E-state index is 0.0361. The van der Waals surface area contributed by atoms with E-state index in [1.807, 2.05) is 30.3 Å². The quantitative estimate of drug-likeness (QED) is 0.493. The number of sulfonamides is 1. The fourth-order valence-corrected chi connectivity index (χ4v) is 5.02. The molecule has 0 atom stereocenters. The normalized spacial score (nSPS) is 14.6. The largest absolute Gasteiger partial charge is 0.369 e. The predicted octanol–water partition coefficient (Wildman–Crippen LogP) is 3.32. The zero-order chi connectivity index (χ0) is 23.8. The average Bonchev–Trinajstić information content (AvgIpc) is 2.86. The van der Waals surface area contributed by atoms with E-state index in [2.05, 4.69) is 44.1 Å². The van der Waals surface area contributed by atoms with Gasteiger partial charge in [-0.15, -0.1) is 0 Å². The Labute approximate surface area is 201 Å². The van der Waals surface area contributed by atoms with Crippen molar-refractivity contribution >= 4 is 27.3 Å². The number of benzene rings is 3. The monoisotopic (exact) mass is 478 g/mol. The van der Waals surface area contributed by atoms with Crippen molar-refractivity contribution in [1.29, 1.82) is 0 Å². The zero-order valence-corrected chi connectivity index (χ0v) is 19.9. The zero-order valence-electron chi connectivity index (χ0n) is 19.1. The van der Waals surface area contributed by atoms with Crippen molar-refractivity contribution in [2.45, 2.75) is 17.9 Å². The summed E-state index contributed by atoms with van der Waals surface area (Å²) < 4.78 is 26.9. The van der Waals surface area contributed by atoms with Crippen LogP contribution in [0.25, 0.3) is 0 Å². The minimum atomic E-state index is -3.61. The number of amides is 1. The molecular weight excluding hydrogens is 448 g/mol. The molecule has 1 aliphatic heterocycles. The van der Waals surface area contributed by atoms with Crippen molar-refractivity contribution in [3.63, 3.8) is 0 Å². The molecule has 1 heterocycles. The van der Waals surface area contributed by atoms with Crippen molar-refractivity contribution in [2.24, 2.45) is 0 Å². The second-order valence-electron chi connectivity index (χ2n) is 8.30. The summed E-state index contributed by atoms with van der Waals surface area (Å²) in [6.07, 6.45) is 0.0528. The van der Waals surface area contributed by atoms with Crippen LogP contribution in [0.3, 0.4) is 0 Å². The van der Waals surface area contributed by atoms with Crippen LogP contribution in [0.1, 0.15) is 12.0 Å². The highest BCUT2D eigenvalue weighted by Crippen LogP contribution is 2.20. The van der Waals surface area contributed by atoms with Crippen molar-refractivity contribution in [3.8, 4) is 0 Å². The Morgan fingerprint density at radius 2 is 1.41 bits per heavy atom. The van der Waals surface area contributed by atoms with Crippen LogP contribution in [0.2, 0.25) is 0 Å². The van der Waals surface area contributed by atoms with Crippen LogP contribution in [0.5, 0.6) is 0 Å². The maximum absolute atomic E-state index is 12.2. The van der Waals surface area contributed by atoms with Crippen molar-refractivity contribution < 1.29 is 13.2 Å². The third-order valence-electron chi connectivity index (χ3n) is 5.84. The van der Waals surface area contributed by atoms with Gasteiger partial charge < -0.3 is 10.2 Å². The molecule has 178 valence electrons. The molecule has 0 spiro atoms. The molecule has 34 heavy (non-hydrogen) atoms. The average molecular weight is 479 g/mol. The van der Waals surface area contributed by atoms with E-state index in [4.69, 9.17) is 0 Å². The van der Waals surface area contributed by atoms with Gasteiger partial charge in [0.15, 0.2) is 0 Å². The lowest BCUT2D eigenvalue weighted by Gasteiger charge is -2.36. The number of piperazine rings is 1. The van der Waals surface area contributed by atoms with E-state index in [1.165, 1.54) is 17.7 Å². The molecular formula is C26H30N4O3S. The third kappa shape index (κ3) is 6.66. The maximum Gasteiger partial charge on any atom is 0.240 e. The fourth-order valence-electron chi connectivity index (χ4n) is 3.97. The lowest BCUT2D eigenvalue weighted by Crippen LogP contribution is -2.45. The lowest BCUT2D eigenvalue weighted by molar-refractivity contribution is -0.116. The first-order chi connectivity index (χ1) is 16.5. The molecule has 0 saturated carbocycles. The highest BCUT2D eigenvalue weighted by Gasteiger charge is 2.17. The van der Waals surface area contributed by atoms with Gasteiger partial charge in [-0.1, -0.05) is 48.5 Å². The summed E-state index contributed by atoms with van der Waals surface area (Å²) in [5.41, 5.74) is 3.17. The summed E-state index contributed by atoms with van der Waals surface area (Å²) in [5, 5.41) is 2.83. The van der Waals surface area contributed by atoms with E-state index in [0.717, 1.165) is 38.4 Å². The number of anilines is 2. The summed E-state index contributed by atoms with van der Waals surface area (Å²) in [4.78, 5) is 17.2. The number of carbonyl (C=O) groups is 1. The third-order valence-corrected chi connectivity index (χ3v) is 7.31. The van der Waals surface area contributed by atoms with Gasteiger partial charge in [0.2, 0.25) is 15.9 Å². The van der Waals surface area contributed by atoms with Crippen LogP contribution < -0.4 is 14.9 Å². The fraction of sp³-hybridized carbons (Fsp3) is 0.269. The highest BCUT2D eigenvalue weighted by molar-refractivity contribution is 7.89. The van der Waals surface area contributed by atoms with Crippen molar-refractivity contribution in [3.05, 3.63) is 90.5 Å². The summed E-state index contributed by atoms with van der Waals surface area (Å²) in [7, 11) is -3.61. The number of carbonyl (C=O) groups excluding carboxylic acids is 1. The SMILES string of the molecule is O=C(CCNS(=O)(=O)c1ccccc1)Nc1ccc(N2CCN(Cc3ccccc3)CC2)cc1. The van der Waals surface area contributed by atoms with E-state index in [1.54, 1.807) is 18.2 Å². The van der Waals surface area contributed by atoms with Crippen LogP contribution in [-0.4, -0.2) is 51.9 Å². The molecule has 2 N–H and O–H groups in total. The molecule has 8 heteroatoms. The first kappa shape index (κ1) is 23.9. The number of hydrogen-bond acceptors (Lipinski definition) is 5. The summed E-state index contributed by atoms with van der Waals surface area (Å²) in [6.45, 7) is 4.94. The Morgan fingerprint density at radius 3 is 2.06 bits per heavy atom. The van der Waals surface area contributed by atoms with Gasteiger partial charge in [-0.3, -0.25) is 9.69 Å². The number of hydrogen-bond donors (Lipinski definition) is 2. The van der Waals surface area contributed by atoms with E-state index in [9.17, 15) is 13.2 Å². The summed E-state index contributed by atoms with van der Waals surface area (Å²) in [6, 6.07) is 26.5. The molecule has 0 bridgehead atoms. The molecule has 0 radical (unpaired) electrons. The van der Waals surface area contributed by atoms with Gasteiger partial charge in [-0.2, -0.15) is 0 Å². The molecule has 0 aromatic heterocycles. The Morgan fingerprint density at radius 1 is 0.794 bits per heavy atom. The van der Waals surface area contributed by atoms with Gasteiger partial charge in [-0.25, -0.2) is 13.1 Å². The first-order valence-corrected chi connectivity index (χ1v) is 12.9. The first-order valence-electron chi connectivity index (χ1n) is 11.5. The van der Waals surface area contributed by atoms with E-state index < -0.39 is 10.0 Å². The summed E-state index contributed by atoms with van der Waals surface area (Å²) in [5.74, 6) is -0.238. The molecule has 0 aliphatic carbocycles. The molecule has 0 unspecified atom stereocenters. The minimum Gasteiger partial charge on any atom is -0.369 e. The van der Waals surface area contributed by atoms with Crippen molar-refractivity contribution in [2.75, 3.05) is 42.9 Å².